The molecule has 1 aromatic carbocycles. The largest absolute Gasteiger partial charge is 0.484 e. The Kier molecular flexibility index (Phi) is 5.77. The molecule has 8 heteroatoms. The maximum Gasteiger partial charge on any atom is 0.260 e. The second kappa shape index (κ2) is 9.00. The lowest BCUT2D eigenvalue weighted by atomic mass is 10.2. The summed E-state index contributed by atoms with van der Waals surface area (Å²) in [6, 6.07) is 13.4. The lowest BCUT2D eigenvalue weighted by Gasteiger charge is -2.34. The first kappa shape index (κ1) is 20.5. The van der Waals surface area contributed by atoms with Gasteiger partial charge in [-0.05, 0) is 42.8 Å². The summed E-state index contributed by atoms with van der Waals surface area (Å²) in [4.78, 5) is 35.1. The van der Waals surface area contributed by atoms with E-state index in [0.717, 1.165) is 49.6 Å². The van der Waals surface area contributed by atoms with Gasteiger partial charge in [0, 0.05) is 63.8 Å². The average molecular weight is 434 g/mol. The van der Waals surface area contributed by atoms with Gasteiger partial charge in [-0.15, -0.1) is 0 Å². The van der Waals surface area contributed by atoms with E-state index < -0.39 is 0 Å². The molecule has 0 radical (unpaired) electrons. The highest BCUT2D eigenvalue weighted by atomic mass is 16.5. The molecule has 32 heavy (non-hydrogen) atoms. The molecule has 2 fully saturated rings. The minimum Gasteiger partial charge on any atom is -0.484 e. The van der Waals surface area contributed by atoms with Crippen molar-refractivity contribution in [2.45, 2.75) is 19.4 Å². The average Bonchev–Trinajstić information content (AvgIpc) is 3.43. The first-order valence-electron chi connectivity index (χ1n) is 11.1. The highest BCUT2D eigenvalue weighted by molar-refractivity contribution is 5.95. The van der Waals surface area contributed by atoms with Crippen LogP contribution in [-0.2, 0) is 16.1 Å². The Balaban J connectivity index is 1.08. The first-order valence-corrected chi connectivity index (χ1v) is 11.1. The number of hydrogen-bond donors (Lipinski definition) is 0. The van der Waals surface area contributed by atoms with Crippen LogP contribution in [0.15, 0.2) is 54.9 Å². The van der Waals surface area contributed by atoms with Crippen LogP contribution < -0.4 is 9.64 Å². The Morgan fingerprint density at radius 2 is 1.81 bits per heavy atom. The van der Waals surface area contributed by atoms with Gasteiger partial charge in [0.2, 0.25) is 5.91 Å². The topological polar surface area (TPSA) is 70.4 Å². The number of ether oxygens (including phenoxy) is 1. The van der Waals surface area contributed by atoms with Gasteiger partial charge in [0.15, 0.2) is 6.61 Å². The molecule has 2 amide bonds. The van der Waals surface area contributed by atoms with Crippen molar-refractivity contribution in [3.05, 3.63) is 60.6 Å². The molecule has 3 aromatic rings. The third kappa shape index (κ3) is 4.45. The molecular weight excluding hydrogens is 406 g/mol. The molecule has 4 heterocycles. The van der Waals surface area contributed by atoms with E-state index in [0.29, 0.717) is 25.3 Å². The molecule has 8 nitrogen and oxygen atoms in total. The van der Waals surface area contributed by atoms with Crippen molar-refractivity contribution >= 4 is 23.1 Å². The van der Waals surface area contributed by atoms with Crippen molar-refractivity contribution in [1.82, 2.24) is 19.2 Å². The molecule has 0 saturated carbocycles. The Morgan fingerprint density at radius 1 is 1.00 bits per heavy atom. The zero-order valence-corrected chi connectivity index (χ0v) is 18.0. The summed E-state index contributed by atoms with van der Waals surface area (Å²) >= 11 is 0. The van der Waals surface area contributed by atoms with Crippen LogP contribution in [0.3, 0.4) is 0 Å². The smallest absolute Gasteiger partial charge is 0.260 e. The number of nitrogens with zero attached hydrogens (tertiary/aromatic N) is 5. The minimum atomic E-state index is -0.00354. The predicted molar refractivity (Wildman–Crippen MR) is 121 cm³/mol. The fourth-order valence-corrected chi connectivity index (χ4v) is 4.33. The van der Waals surface area contributed by atoms with Crippen LogP contribution >= 0.6 is 0 Å². The molecule has 2 aromatic heterocycles. The molecule has 5 rings (SSSR count). The molecule has 2 aliphatic heterocycles. The number of imidazole rings is 1. The number of benzene rings is 1. The molecule has 0 bridgehead atoms. The van der Waals surface area contributed by atoms with Gasteiger partial charge in [-0.3, -0.25) is 14.5 Å². The lowest BCUT2D eigenvalue weighted by molar-refractivity contribution is -0.135. The summed E-state index contributed by atoms with van der Waals surface area (Å²) in [6.07, 6.45) is 5.57. The lowest BCUT2D eigenvalue weighted by Crippen LogP contribution is -2.49. The van der Waals surface area contributed by atoms with E-state index in [1.54, 1.807) is 4.90 Å². The maximum absolute atomic E-state index is 12.6. The third-order valence-corrected chi connectivity index (χ3v) is 6.11. The van der Waals surface area contributed by atoms with Crippen molar-refractivity contribution in [3.63, 3.8) is 0 Å². The molecule has 0 spiro atoms. The maximum atomic E-state index is 12.6. The van der Waals surface area contributed by atoms with E-state index in [-0.39, 0.29) is 18.4 Å². The standard InChI is InChI=1S/C24H27N5O3/c30-23-5-3-11-29(23)20-6-8-21(9-7-20)32-18-24(31)27-14-12-26(13-15-27)16-19-17-28-10-2-1-4-22(28)25-19/h1-2,4,6-10,17H,3,5,11-16,18H2. The summed E-state index contributed by atoms with van der Waals surface area (Å²) in [6.45, 7) is 4.58. The molecule has 166 valence electrons. The fraction of sp³-hybridized carbons (Fsp3) is 0.375. The van der Waals surface area contributed by atoms with Crippen molar-refractivity contribution in [2.24, 2.45) is 0 Å². The van der Waals surface area contributed by atoms with Crippen molar-refractivity contribution in [3.8, 4) is 5.75 Å². The first-order chi connectivity index (χ1) is 15.7. The highest BCUT2D eigenvalue weighted by Crippen LogP contribution is 2.24. The van der Waals surface area contributed by atoms with Crippen LogP contribution in [0.25, 0.3) is 5.65 Å². The number of fused-ring (bicyclic) bond motifs is 1. The number of pyridine rings is 1. The fourth-order valence-electron chi connectivity index (χ4n) is 4.33. The highest BCUT2D eigenvalue weighted by Gasteiger charge is 2.23. The van der Waals surface area contributed by atoms with Crippen LogP contribution in [-0.4, -0.2) is 70.3 Å². The third-order valence-electron chi connectivity index (χ3n) is 6.11. The summed E-state index contributed by atoms with van der Waals surface area (Å²) in [5.41, 5.74) is 2.87. The number of aromatic nitrogens is 2. The predicted octanol–water partition coefficient (Wildman–Crippen LogP) is 2.18. The van der Waals surface area contributed by atoms with Gasteiger partial charge in [0.05, 0.1) is 5.69 Å². The van der Waals surface area contributed by atoms with Crippen LogP contribution in [0.4, 0.5) is 5.69 Å². The number of piperazine rings is 1. The Bertz CT molecular complexity index is 1070. The quantitative estimate of drug-likeness (QED) is 0.596. The van der Waals surface area contributed by atoms with Crippen LogP contribution in [0.1, 0.15) is 18.5 Å². The zero-order chi connectivity index (χ0) is 21.9. The van der Waals surface area contributed by atoms with Crippen LogP contribution in [0, 0.1) is 0 Å². The van der Waals surface area contributed by atoms with Gasteiger partial charge in [0.25, 0.3) is 5.91 Å². The number of hydrogen-bond acceptors (Lipinski definition) is 5. The van der Waals surface area contributed by atoms with Gasteiger partial charge in [-0.25, -0.2) is 4.98 Å². The van der Waals surface area contributed by atoms with Gasteiger partial charge >= 0.3 is 0 Å². The summed E-state index contributed by atoms with van der Waals surface area (Å²) in [5, 5.41) is 0. The minimum absolute atomic E-state index is 0.00354. The molecule has 2 aliphatic rings. The Hall–Kier alpha value is -3.39. The number of amides is 2. The Labute approximate surface area is 187 Å². The monoisotopic (exact) mass is 433 g/mol. The van der Waals surface area contributed by atoms with Crippen LogP contribution in [0.5, 0.6) is 5.75 Å². The molecular formula is C24H27N5O3. The number of carbonyl (C=O) groups excluding carboxylic acids is 2. The molecule has 0 aliphatic carbocycles. The second-order valence-corrected chi connectivity index (χ2v) is 8.29. The van der Waals surface area contributed by atoms with E-state index in [2.05, 4.69) is 16.1 Å². The van der Waals surface area contributed by atoms with Gasteiger partial charge < -0.3 is 18.9 Å². The molecule has 2 saturated heterocycles. The van der Waals surface area contributed by atoms with Crippen molar-refractivity contribution < 1.29 is 14.3 Å². The van der Waals surface area contributed by atoms with E-state index in [1.807, 2.05) is 58.0 Å². The van der Waals surface area contributed by atoms with Gasteiger partial charge in [-0.1, -0.05) is 6.07 Å². The summed E-state index contributed by atoms with van der Waals surface area (Å²) in [5.74, 6) is 0.796. The SMILES string of the molecule is O=C(COc1ccc(N2CCCC2=O)cc1)N1CCN(Cc2cn3ccccc3n2)CC1. The van der Waals surface area contributed by atoms with E-state index in [4.69, 9.17) is 4.74 Å². The number of rotatable bonds is 6. The normalized spacial score (nSPS) is 17.3. The Morgan fingerprint density at radius 3 is 2.53 bits per heavy atom. The summed E-state index contributed by atoms with van der Waals surface area (Å²) < 4.78 is 7.73. The molecule has 0 N–H and O–H groups in total. The number of carbonyl (C=O) groups is 2. The van der Waals surface area contributed by atoms with Crippen molar-refractivity contribution in [1.29, 1.82) is 0 Å². The van der Waals surface area contributed by atoms with E-state index in [9.17, 15) is 9.59 Å². The van der Waals surface area contributed by atoms with Crippen LogP contribution in [0.2, 0.25) is 0 Å². The van der Waals surface area contributed by atoms with Crippen molar-refractivity contribution in [2.75, 3.05) is 44.2 Å². The molecule has 0 unspecified atom stereocenters. The van der Waals surface area contributed by atoms with E-state index in [1.165, 1.54) is 0 Å². The number of anilines is 1. The second-order valence-electron chi connectivity index (χ2n) is 8.29. The van der Waals surface area contributed by atoms with Gasteiger partial charge in [0.1, 0.15) is 11.4 Å². The zero-order valence-electron chi connectivity index (χ0n) is 18.0. The molecule has 0 atom stereocenters. The van der Waals surface area contributed by atoms with Gasteiger partial charge in [-0.2, -0.15) is 0 Å². The van der Waals surface area contributed by atoms with E-state index >= 15 is 0 Å². The summed E-state index contributed by atoms with van der Waals surface area (Å²) in [7, 11) is 0.